The molecule has 0 bridgehead atoms. The molecule has 6 heteroatoms. The van der Waals surface area contributed by atoms with Crippen LogP contribution in [-0.4, -0.2) is 27.6 Å². The van der Waals surface area contributed by atoms with Gasteiger partial charge in [0.25, 0.3) is 0 Å². The lowest BCUT2D eigenvalue weighted by Gasteiger charge is -2.21. The summed E-state index contributed by atoms with van der Waals surface area (Å²) in [5, 5.41) is 29.8. The number of phenolic OH excluding ortho intramolecular Hbond substituents is 1. The molecule has 0 aromatic heterocycles. The fourth-order valence-electron chi connectivity index (χ4n) is 2.53. The molecule has 0 unspecified atom stereocenters. The number of aliphatic carboxylic acids is 1. The molecule has 1 aliphatic carbocycles. The molecule has 2 rings (SSSR count). The maximum Gasteiger partial charge on any atom is 0.303 e. The highest BCUT2D eigenvalue weighted by atomic mass is 16.4. The van der Waals surface area contributed by atoms with Gasteiger partial charge < -0.3 is 10.2 Å². The van der Waals surface area contributed by atoms with Gasteiger partial charge in [-0.2, -0.15) is 5.43 Å². The molecule has 0 heterocycles. The molecule has 6 N–H and O–H groups in total. The highest BCUT2D eigenvalue weighted by Gasteiger charge is 2.24. The molecule has 0 amide bonds. The Balaban J connectivity index is 2.38. The van der Waals surface area contributed by atoms with Crippen molar-refractivity contribution in [3.8, 4) is 5.75 Å². The Bertz CT molecular complexity index is 784. The van der Waals surface area contributed by atoms with Crippen molar-refractivity contribution in [1.29, 1.82) is 0 Å². The minimum Gasteiger partial charge on any atom is -0.502 e. The molecule has 0 radical (unpaired) electrons. The van der Waals surface area contributed by atoms with Crippen LogP contribution in [0.1, 0.15) is 38.3 Å². The first-order valence-corrected chi connectivity index (χ1v) is 8.15. The lowest BCUT2D eigenvalue weighted by molar-refractivity contribution is -0.577. The smallest absolute Gasteiger partial charge is 0.303 e. The monoisotopic (exact) mass is 343 g/mol. The average Bonchev–Trinajstić information content (AvgIpc) is 2.52. The summed E-state index contributed by atoms with van der Waals surface area (Å²) in [5.41, 5.74) is 4.63. The third kappa shape index (κ3) is 4.87. The van der Waals surface area contributed by atoms with E-state index in [9.17, 15) is 9.90 Å². The van der Waals surface area contributed by atoms with Gasteiger partial charge in [-0.25, -0.2) is 0 Å². The van der Waals surface area contributed by atoms with Gasteiger partial charge in [0.05, 0.1) is 0 Å². The predicted molar refractivity (Wildman–Crippen MR) is 97.0 cm³/mol. The van der Waals surface area contributed by atoms with E-state index in [2.05, 4.69) is 5.10 Å². The summed E-state index contributed by atoms with van der Waals surface area (Å²) in [6.45, 7) is 6.00. The number of phenols is 1. The predicted octanol–water partition coefficient (Wildman–Crippen LogP) is 0.584. The van der Waals surface area contributed by atoms with Crippen LogP contribution in [0.5, 0.6) is 5.75 Å². The number of aryl methyl sites for hydroxylation is 1. The van der Waals surface area contributed by atoms with E-state index in [-0.39, 0.29) is 17.6 Å². The number of quaternary nitrogens is 1. The van der Waals surface area contributed by atoms with E-state index >= 15 is 0 Å². The SMILES string of the molecule is CC(C)(C)c1cc(CCC(=O)O)cc([NH2+]/N=C2/C=CC=CC2=[NH2+])c1O. The second-order valence-corrected chi connectivity index (χ2v) is 7.04. The van der Waals surface area contributed by atoms with Gasteiger partial charge in [0.1, 0.15) is 0 Å². The summed E-state index contributed by atoms with van der Waals surface area (Å²) in [6.07, 6.45) is 7.66. The van der Waals surface area contributed by atoms with Gasteiger partial charge in [-0.15, -0.1) is 0 Å². The number of hydrogen-bond acceptors (Lipinski definition) is 3. The normalized spacial score (nSPS) is 15.8. The number of carboxylic acids is 1. The lowest BCUT2D eigenvalue weighted by Crippen LogP contribution is -2.72. The number of carboxylic acid groups (broad SMARTS) is 1. The van der Waals surface area contributed by atoms with Gasteiger partial charge in [0.2, 0.25) is 5.71 Å². The van der Waals surface area contributed by atoms with Crippen molar-refractivity contribution in [1.82, 2.24) is 0 Å². The Morgan fingerprint density at radius 1 is 1.24 bits per heavy atom. The van der Waals surface area contributed by atoms with Gasteiger partial charge in [0.15, 0.2) is 17.1 Å². The zero-order valence-corrected chi connectivity index (χ0v) is 14.8. The van der Waals surface area contributed by atoms with E-state index in [4.69, 9.17) is 10.5 Å². The zero-order valence-electron chi connectivity index (χ0n) is 14.8. The minimum atomic E-state index is -0.849. The van der Waals surface area contributed by atoms with Crippen molar-refractivity contribution in [2.45, 2.75) is 39.0 Å². The molecule has 132 valence electrons. The molecule has 1 aromatic rings. The van der Waals surface area contributed by atoms with Gasteiger partial charge in [0, 0.05) is 24.1 Å². The maximum absolute atomic E-state index is 10.9. The minimum absolute atomic E-state index is 0.0383. The molecule has 0 atom stereocenters. The highest BCUT2D eigenvalue weighted by Crippen LogP contribution is 2.35. The second-order valence-electron chi connectivity index (χ2n) is 7.04. The number of rotatable bonds is 5. The topological polar surface area (TPSA) is 112 Å². The fraction of sp³-hybridized carbons (Fsp3) is 0.316. The second kappa shape index (κ2) is 7.44. The Labute approximate surface area is 147 Å². The van der Waals surface area contributed by atoms with E-state index in [1.54, 1.807) is 23.6 Å². The fourth-order valence-corrected chi connectivity index (χ4v) is 2.53. The number of hydrogen-bond donors (Lipinski definition) is 4. The number of allylic oxidation sites excluding steroid dienone is 4. The zero-order chi connectivity index (χ0) is 18.6. The Morgan fingerprint density at radius 3 is 2.52 bits per heavy atom. The van der Waals surface area contributed by atoms with Crippen molar-refractivity contribution in [3.63, 3.8) is 0 Å². The molecule has 0 saturated heterocycles. The van der Waals surface area contributed by atoms with Crippen LogP contribution in [0, 0.1) is 0 Å². The number of carbonyl (C=O) groups is 1. The molecule has 25 heavy (non-hydrogen) atoms. The van der Waals surface area contributed by atoms with Crippen molar-refractivity contribution in [3.05, 3.63) is 47.6 Å². The third-order valence-electron chi connectivity index (χ3n) is 3.91. The van der Waals surface area contributed by atoms with E-state index in [0.29, 0.717) is 23.5 Å². The Kier molecular flexibility index (Phi) is 5.54. The molecular weight excluding hydrogens is 318 g/mol. The summed E-state index contributed by atoms with van der Waals surface area (Å²) < 4.78 is 0. The molecule has 0 spiro atoms. The van der Waals surface area contributed by atoms with Crippen LogP contribution in [0.25, 0.3) is 0 Å². The van der Waals surface area contributed by atoms with Crippen molar-refractivity contribution < 1.29 is 25.8 Å². The van der Waals surface area contributed by atoms with Crippen LogP contribution in [0.3, 0.4) is 0 Å². The summed E-state index contributed by atoms with van der Waals surface area (Å²) in [4.78, 5) is 10.9. The molecule has 0 aliphatic heterocycles. The van der Waals surface area contributed by atoms with Crippen molar-refractivity contribution in [2.75, 3.05) is 0 Å². The lowest BCUT2D eigenvalue weighted by atomic mass is 9.84. The Morgan fingerprint density at radius 2 is 1.92 bits per heavy atom. The first-order valence-electron chi connectivity index (χ1n) is 8.15. The number of aromatic hydroxyl groups is 1. The highest BCUT2D eigenvalue weighted by molar-refractivity contribution is 6.48. The summed E-state index contributed by atoms with van der Waals surface area (Å²) in [7, 11) is 0. The molecule has 0 fully saturated rings. The average molecular weight is 343 g/mol. The van der Waals surface area contributed by atoms with Crippen molar-refractivity contribution >= 4 is 23.1 Å². The van der Waals surface area contributed by atoms with Crippen LogP contribution in [0.4, 0.5) is 5.69 Å². The summed E-state index contributed by atoms with van der Waals surface area (Å²) >= 11 is 0. The van der Waals surface area contributed by atoms with E-state index in [1.165, 1.54) is 0 Å². The number of nitrogens with two attached hydrogens (primary N) is 2. The van der Waals surface area contributed by atoms with Gasteiger partial charge in [-0.1, -0.05) is 44.1 Å². The van der Waals surface area contributed by atoms with Gasteiger partial charge >= 0.3 is 5.97 Å². The van der Waals surface area contributed by atoms with Crippen molar-refractivity contribution in [2.24, 2.45) is 5.10 Å². The van der Waals surface area contributed by atoms with Crippen LogP contribution >= 0.6 is 0 Å². The molecule has 6 nitrogen and oxygen atoms in total. The van der Waals surface area contributed by atoms with Crippen LogP contribution < -0.4 is 10.8 Å². The standard InChI is InChI=1S/C19H23N3O3/c1-19(2,3)13-10-12(8-9-17(23)24)11-16(18(13)25)22-21-15-7-5-4-6-14(15)20/h4-7,10-11,20,22,25H,8-9H2,1-3H3,(H,23,24)/p+2/b20-14?,21-15-. The number of benzene rings is 1. The maximum atomic E-state index is 10.9. The molecule has 0 saturated carbocycles. The van der Waals surface area contributed by atoms with Gasteiger partial charge in [-0.3, -0.25) is 10.2 Å². The first kappa shape index (κ1) is 18.6. The van der Waals surface area contributed by atoms with Crippen LogP contribution in [-0.2, 0) is 16.6 Å². The third-order valence-corrected chi connectivity index (χ3v) is 3.91. The first-order chi connectivity index (χ1) is 11.7. The largest absolute Gasteiger partial charge is 0.502 e. The Hall–Kier alpha value is -2.73. The quantitative estimate of drug-likeness (QED) is 0.206. The van der Waals surface area contributed by atoms with Crippen LogP contribution in [0.15, 0.2) is 41.5 Å². The molecular formula is C19H25N3O3+2. The number of nitrogens with zero attached hydrogens (tertiary/aromatic N) is 1. The van der Waals surface area contributed by atoms with E-state index < -0.39 is 5.97 Å². The van der Waals surface area contributed by atoms with Gasteiger partial charge in [-0.05, 0) is 23.5 Å². The summed E-state index contributed by atoms with van der Waals surface area (Å²) in [5.74, 6) is -0.692. The molecule has 1 aromatic carbocycles. The molecule has 1 aliphatic rings. The van der Waals surface area contributed by atoms with E-state index in [1.807, 2.05) is 39.0 Å². The summed E-state index contributed by atoms with van der Waals surface area (Å²) in [6, 6.07) is 3.64. The van der Waals surface area contributed by atoms with E-state index in [0.717, 1.165) is 11.1 Å². The van der Waals surface area contributed by atoms with Crippen LogP contribution in [0.2, 0.25) is 0 Å².